The molecular formula is C28H34. The van der Waals surface area contributed by atoms with Gasteiger partial charge in [0.1, 0.15) is 0 Å². The minimum Gasteiger partial charge on any atom is -0.0654 e. The molecule has 0 fully saturated rings. The van der Waals surface area contributed by atoms with Gasteiger partial charge in [0, 0.05) is 0 Å². The molecule has 0 spiro atoms. The van der Waals surface area contributed by atoms with Crippen LogP contribution in [-0.4, -0.2) is 0 Å². The molecule has 3 aromatic rings. The number of aryl methyl sites for hydroxylation is 3. The molecule has 0 heterocycles. The first-order valence-corrected chi connectivity index (χ1v) is 11.1. The zero-order chi connectivity index (χ0) is 19.8. The minimum atomic E-state index is 1.05. The minimum absolute atomic E-state index is 1.05. The molecule has 0 aliphatic rings. The number of hydrogen-bond donors (Lipinski definition) is 0. The van der Waals surface area contributed by atoms with Crippen LogP contribution in [0.25, 0.3) is 22.3 Å². The Morgan fingerprint density at radius 3 is 1.75 bits per heavy atom. The van der Waals surface area contributed by atoms with Gasteiger partial charge in [0.2, 0.25) is 0 Å². The first-order chi connectivity index (χ1) is 13.7. The van der Waals surface area contributed by atoms with Crippen LogP contribution in [0.4, 0.5) is 0 Å². The highest BCUT2D eigenvalue weighted by molar-refractivity contribution is 5.74. The topological polar surface area (TPSA) is 0 Å². The highest BCUT2D eigenvalue weighted by Crippen LogP contribution is 2.30. The Bertz CT molecular complexity index is 854. The summed E-state index contributed by atoms with van der Waals surface area (Å²) in [4.78, 5) is 0. The van der Waals surface area contributed by atoms with Gasteiger partial charge in [0.05, 0.1) is 0 Å². The molecule has 0 radical (unpaired) electrons. The molecule has 28 heavy (non-hydrogen) atoms. The second-order valence-electron chi connectivity index (χ2n) is 7.83. The van der Waals surface area contributed by atoms with Crippen LogP contribution in [0.5, 0.6) is 0 Å². The van der Waals surface area contributed by atoms with Crippen LogP contribution in [0.1, 0.15) is 63.1 Å². The predicted molar refractivity (Wildman–Crippen MR) is 124 cm³/mol. The highest BCUT2D eigenvalue weighted by Gasteiger charge is 2.07. The summed E-state index contributed by atoms with van der Waals surface area (Å²) in [6.07, 6.45) is 8.51. The van der Waals surface area contributed by atoms with E-state index in [1.54, 1.807) is 0 Å². The van der Waals surface area contributed by atoms with Crippen LogP contribution >= 0.6 is 0 Å². The zero-order valence-corrected chi connectivity index (χ0v) is 17.8. The van der Waals surface area contributed by atoms with Gasteiger partial charge < -0.3 is 0 Å². The van der Waals surface area contributed by atoms with Crippen molar-refractivity contribution >= 4 is 0 Å². The number of rotatable bonds is 9. The maximum atomic E-state index is 2.38. The van der Waals surface area contributed by atoms with Crippen LogP contribution in [-0.2, 0) is 19.3 Å². The molecule has 146 valence electrons. The Balaban J connectivity index is 1.80. The van der Waals surface area contributed by atoms with E-state index in [0.717, 1.165) is 12.8 Å². The van der Waals surface area contributed by atoms with E-state index in [1.807, 2.05) is 0 Å². The van der Waals surface area contributed by atoms with Crippen molar-refractivity contribution in [3.05, 3.63) is 83.4 Å². The second-order valence-corrected chi connectivity index (χ2v) is 7.83. The van der Waals surface area contributed by atoms with E-state index >= 15 is 0 Å². The van der Waals surface area contributed by atoms with E-state index in [4.69, 9.17) is 0 Å². The van der Waals surface area contributed by atoms with Gasteiger partial charge in [-0.1, -0.05) is 107 Å². The normalized spacial score (nSPS) is 11.0. The number of benzene rings is 3. The summed E-state index contributed by atoms with van der Waals surface area (Å²) in [6.45, 7) is 6.75. The van der Waals surface area contributed by atoms with Crippen LogP contribution in [0.3, 0.4) is 0 Å². The monoisotopic (exact) mass is 370 g/mol. The van der Waals surface area contributed by atoms with Gasteiger partial charge in [-0.2, -0.15) is 0 Å². The van der Waals surface area contributed by atoms with Crippen molar-refractivity contribution in [2.75, 3.05) is 0 Å². The van der Waals surface area contributed by atoms with Crippen molar-refractivity contribution in [1.82, 2.24) is 0 Å². The molecule has 3 rings (SSSR count). The van der Waals surface area contributed by atoms with Gasteiger partial charge in [-0.15, -0.1) is 0 Å². The Hall–Kier alpha value is -2.34. The summed E-state index contributed by atoms with van der Waals surface area (Å²) >= 11 is 0. The lowest BCUT2D eigenvalue weighted by Gasteiger charge is -2.12. The fourth-order valence-electron chi connectivity index (χ4n) is 3.93. The van der Waals surface area contributed by atoms with Crippen LogP contribution < -0.4 is 0 Å². The third kappa shape index (κ3) is 5.13. The van der Waals surface area contributed by atoms with E-state index in [-0.39, 0.29) is 0 Å². The van der Waals surface area contributed by atoms with Crippen molar-refractivity contribution in [2.45, 2.75) is 65.7 Å². The number of unbranched alkanes of at least 4 members (excludes halogenated alkanes) is 2. The third-order valence-electron chi connectivity index (χ3n) is 5.65. The van der Waals surface area contributed by atoms with Crippen LogP contribution in [0, 0.1) is 0 Å². The van der Waals surface area contributed by atoms with E-state index < -0.39 is 0 Å². The average Bonchev–Trinajstić information content (AvgIpc) is 2.75. The lowest BCUT2D eigenvalue weighted by Crippen LogP contribution is -1.91. The predicted octanol–water partition coefficient (Wildman–Crippen LogP) is 8.27. The van der Waals surface area contributed by atoms with Crippen molar-refractivity contribution < 1.29 is 0 Å². The molecule has 0 saturated carbocycles. The second kappa shape index (κ2) is 10.3. The van der Waals surface area contributed by atoms with E-state index in [2.05, 4.69) is 87.5 Å². The molecule has 0 bridgehead atoms. The maximum absolute atomic E-state index is 2.38. The van der Waals surface area contributed by atoms with E-state index in [0.29, 0.717) is 0 Å². The smallest absolute Gasteiger partial charge is 0.0152 e. The number of hydrogen-bond acceptors (Lipinski definition) is 0. The molecule has 0 saturated heterocycles. The quantitative estimate of drug-likeness (QED) is 0.332. The Morgan fingerprint density at radius 2 is 1.14 bits per heavy atom. The summed E-state index contributed by atoms with van der Waals surface area (Å²) in [5.41, 5.74) is 9.64. The van der Waals surface area contributed by atoms with Gasteiger partial charge in [-0.25, -0.2) is 0 Å². The maximum Gasteiger partial charge on any atom is -0.0152 e. The van der Waals surface area contributed by atoms with Crippen molar-refractivity contribution in [1.29, 1.82) is 0 Å². The molecule has 0 N–H and O–H groups in total. The SMILES string of the molecule is CCCCCc1ccc(-c2ccc(-c3ccc(CCC)cc3)c(CC)c2)cc1. The Kier molecular flexibility index (Phi) is 7.48. The fourth-order valence-corrected chi connectivity index (χ4v) is 3.93. The van der Waals surface area contributed by atoms with Gasteiger partial charge in [0.15, 0.2) is 0 Å². The molecule has 3 aromatic carbocycles. The van der Waals surface area contributed by atoms with E-state index in [9.17, 15) is 0 Å². The average molecular weight is 371 g/mol. The molecule has 0 aromatic heterocycles. The zero-order valence-electron chi connectivity index (χ0n) is 17.8. The highest BCUT2D eigenvalue weighted by atomic mass is 14.1. The third-order valence-corrected chi connectivity index (χ3v) is 5.65. The van der Waals surface area contributed by atoms with Gasteiger partial charge >= 0.3 is 0 Å². The molecule has 0 aliphatic heterocycles. The van der Waals surface area contributed by atoms with Gasteiger partial charge in [-0.05, 0) is 64.6 Å². The molecule has 0 heteroatoms. The molecular weight excluding hydrogens is 336 g/mol. The molecule has 0 amide bonds. The molecule has 0 atom stereocenters. The van der Waals surface area contributed by atoms with Gasteiger partial charge in [0.25, 0.3) is 0 Å². The summed E-state index contributed by atoms with van der Waals surface area (Å²) in [5.74, 6) is 0. The van der Waals surface area contributed by atoms with Crippen molar-refractivity contribution in [3.8, 4) is 22.3 Å². The Morgan fingerprint density at radius 1 is 0.536 bits per heavy atom. The van der Waals surface area contributed by atoms with Crippen molar-refractivity contribution in [2.24, 2.45) is 0 Å². The van der Waals surface area contributed by atoms with Crippen LogP contribution in [0.2, 0.25) is 0 Å². The lowest BCUT2D eigenvalue weighted by atomic mass is 9.92. The van der Waals surface area contributed by atoms with Crippen molar-refractivity contribution in [3.63, 3.8) is 0 Å². The first-order valence-electron chi connectivity index (χ1n) is 11.1. The molecule has 0 aliphatic carbocycles. The molecule has 0 nitrogen and oxygen atoms in total. The summed E-state index contributed by atoms with van der Waals surface area (Å²) < 4.78 is 0. The van der Waals surface area contributed by atoms with Crippen LogP contribution in [0.15, 0.2) is 66.7 Å². The molecule has 0 unspecified atom stereocenters. The summed E-state index contributed by atoms with van der Waals surface area (Å²) in [6, 6.07) is 25.3. The van der Waals surface area contributed by atoms with E-state index in [1.165, 1.54) is 71.0 Å². The fraction of sp³-hybridized carbons (Fsp3) is 0.357. The summed E-state index contributed by atoms with van der Waals surface area (Å²) in [5, 5.41) is 0. The van der Waals surface area contributed by atoms with Gasteiger partial charge in [-0.3, -0.25) is 0 Å². The summed E-state index contributed by atoms with van der Waals surface area (Å²) in [7, 11) is 0. The Labute approximate surface area is 171 Å². The first kappa shape index (κ1) is 20.4. The lowest BCUT2D eigenvalue weighted by molar-refractivity contribution is 0.717. The largest absolute Gasteiger partial charge is 0.0654 e. The standard InChI is InChI=1S/C28H34/c1-4-7-8-10-23-11-15-25(16-12-23)27-19-20-28(24(6-3)21-27)26-17-13-22(9-5-2)14-18-26/h11-21H,4-10H2,1-3H3.